The maximum Gasteiger partial charge on any atom is 0.321 e. The molecule has 0 amide bonds. The number of rotatable bonds is 5. The number of aliphatic carboxylic acids is 1. The molecule has 0 aliphatic carbocycles. The van der Waals surface area contributed by atoms with Gasteiger partial charge in [0.05, 0.1) is 5.37 Å². The second kappa shape index (κ2) is 6.85. The minimum atomic E-state index is -0.808. The van der Waals surface area contributed by atoms with E-state index in [0.717, 1.165) is 16.9 Å². The number of para-hydroxylation sites is 1. The van der Waals surface area contributed by atoms with E-state index in [4.69, 9.17) is 9.84 Å². The average Bonchev–Trinajstić information content (AvgIpc) is 3.04. The van der Waals surface area contributed by atoms with Crippen LogP contribution in [-0.4, -0.2) is 22.9 Å². The zero-order chi connectivity index (χ0) is 15.4. The maximum absolute atomic E-state index is 11.1. The Morgan fingerprint density at radius 1 is 1.18 bits per heavy atom. The van der Waals surface area contributed by atoms with Crippen molar-refractivity contribution in [3.05, 3.63) is 65.7 Å². The van der Waals surface area contributed by atoms with Gasteiger partial charge in [0.25, 0.3) is 0 Å². The van der Waals surface area contributed by atoms with Crippen LogP contribution in [0.5, 0.6) is 5.75 Å². The standard InChI is InChI=1S/C17H17NO3S/c19-17(20)14-11-22-16(18-14)13-8-4-5-9-15(13)21-10-12-6-2-1-3-7-12/h1-9,14,16,18H,10-11H2,(H,19,20). The Hall–Kier alpha value is -1.98. The minimum absolute atomic E-state index is 0.0481. The topological polar surface area (TPSA) is 58.6 Å². The van der Waals surface area contributed by atoms with Gasteiger partial charge >= 0.3 is 5.97 Å². The molecule has 1 aliphatic rings. The fourth-order valence-corrected chi connectivity index (χ4v) is 3.62. The van der Waals surface area contributed by atoms with Gasteiger partial charge in [-0.2, -0.15) is 0 Å². The van der Waals surface area contributed by atoms with Crippen molar-refractivity contribution in [2.45, 2.75) is 18.0 Å². The summed E-state index contributed by atoms with van der Waals surface area (Å²) in [6.45, 7) is 0.498. The van der Waals surface area contributed by atoms with E-state index in [-0.39, 0.29) is 5.37 Å². The highest BCUT2D eigenvalue weighted by molar-refractivity contribution is 7.99. The molecule has 114 valence electrons. The number of ether oxygens (including phenoxy) is 1. The Morgan fingerprint density at radius 3 is 2.64 bits per heavy atom. The average molecular weight is 315 g/mol. The van der Waals surface area contributed by atoms with Crippen molar-refractivity contribution in [3.8, 4) is 5.75 Å². The molecule has 0 radical (unpaired) electrons. The quantitative estimate of drug-likeness (QED) is 0.888. The number of hydrogen-bond acceptors (Lipinski definition) is 4. The Balaban J connectivity index is 1.72. The highest BCUT2D eigenvalue weighted by Gasteiger charge is 2.31. The zero-order valence-corrected chi connectivity index (χ0v) is 12.8. The lowest BCUT2D eigenvalue weighted by atomic mass is 10.2. The molecule has 5 heteroatoms. The summed E-state index contributed by atoms with van der Waals surface area (Å²) >= 11 is 1.60. The van der Waals surface area contributed by atoms with Gasteiger partial charge in [0.2, 0.25) is 0 Å². The van der Waals surface area contributed by atoms with Crippen LogP contribution in [0.1, 0.15) is 16.5 Å². The van der Waals surface area contributed by atoms with E-state index in [1.165, 1.54) is 0 Å². The summed E-state index contributed by atoms with van der Waals surface area (Å²) in [5, 5.41) is 12.2. The van der Waals surface area contributed by atoms with E-state index < -0.39 is 12.0 Å². The SMILES string of the molecule is O=C(O)C1CSC(c2ccccc2OCc2ccccc2)N1. The third-order valence-electron chi connectivity index (χ3n) is 3.52. The zero-order valence-electron chi connectivity index (χ0n) is 11.9. The molecule has 1 saturated heterocycles. The van der Waals surface area contributed by atoms with Gasteiger partial charge in [0, 0.05) is 11.3 Å². The Labute approximate surface area is 133 Å². The first-order chi connectivity index (χ1) is 10.7. The van der Waals surface area contributed by atoms with Crippen LogP contribution < -0.4 is 10.1 Å². The van der Waals surface area contributed by atoms with Crippen LogP contribution >= 0.6 is 11.8 Å². The lowest BCUT2D eigenvalue weighted by Gasteiger charge is -2.16. The number of hydrogen-bond donors (Lipinski definition) is 2. The molecule has 2 unspecified atom stereocenters. The lowest BCUT2D eigenvalue weighted by Crippen LogP contribution is -2.33. The summed E-state index contributed by atoms with van der Waals surface area (Å²) in [6, 6.07) is 17.3. The molecule has 2 N–H and O–H groups in total. The van der Waals surface area contributed by atoms with Gasteiger partial charge in [-0.05, 0) is 11.6 Å². The van der Waals surface area contributed by atoms with Gasteiger partial charge in [-0.1, -0.05) is 48.5 Å². The minimum Gasteiger partial charge on any atom is -0.489 e. The number of carbonyl (C=O) groups is 1. The van der Waals surface area contributed by atoms with Crippen LogP contribution in [0.4, 0.5) is 0 Å². The molecule has 3 rings (SSSR count). The van der Waals surface area contributed by atoms with Crippen molar-refractivity contribution in [2.24, 2.45) is 0 Å². The molecule has 2 aromatic carbocycles. The highest BCUT2D eigenvalue weighted by Crippen LogP contribution is 2.37. The molecule has 1 heterocycles. The first-order valence-corrected chi connectivity index (χ1v) is 8.15. The normalized spacial score (nSPS) is 20.7. The van der Waals surface area contributed by atoms with Gasteiger partial charge in [0.1, 0.15) is 18.4 Å². The van der Waals surface area contributed by atoms with Crippen LogP contribution in [0.2, 0.25) is 0 Å². The van der Waals surface area contributed by atoms with Crippen LogP contribution in [0.3, 0.4) is 0 Å². The van der Waals surface area contributed by atoms with Gasteiger partial charge < -0.3 is 9.84 Å². The number of carboxylic acids is 1. The fraction of sp³-hybridized carbons (Fsp3) is 0.235. The summed E-state index contributed by atoms with van der Waals surface area (Å²) in [4.78, 5) is 11.1. The van der Waals surface area contributed by atoms with Crippen molar-refractivity contribution >= 4 is 17.7 Å². The third kappa shape index (κ3) is 3.43. The third-order valence-corrected chi connectivity index (χ3v) is 4.77. The number of carboxylic acid groups (broad SMARTS) is 1. The Kier molecular flexibility index (Phi) is 4.65. The summed E-state index contributed by atoms with van der Waals surface area (Å²) in [7, 11) is 0. The molecule has 2 aromatic rings. The Bertz CT molecular complexity index is 647. The summed E-state index contributed by atoms with van der Waals surface area (Å²) in [6.07, 6.45) is 0. The number of nitrogens with one attached hydrogen (secondary N) is 1. The van der Waals surface area contributed by atoms with Crippen LogP contribution in [0, 0.1) is 0 Å². The predicted octanol–water partition coefficient (Wildman–Crippen LogP) is 3.05. The van der Waals surface area contributed by atoms with E-state index in [2.05, 4.69) is 5.32 Å². The van der Waals surface area contributed by atoms with Gasteiger partial charge in [0.15, 0.2) is 0 Å². The first-order valence-electron chi connectivity index (χ1n) is 7.10. The maximum atomic E-state index is 11.1. The van der Waals surface area contributed by atoms with E-state index in [0.29, 0.717) is 12.4 Å². The second-order valence-electron chi connectivity index (χ2n) is 5.08. The van der Waals surface area contributed by atoms with Crippen LogP contribution in [0.25, 0.3) is 0 Å². The summed E-state index contributed by atoms with van der Waals surface area (Å²) in [5.74, 6) is 0.549. The summed E-state index contributed by atoms with van der Waals surface area (Å²) in [5.41, 5.74) is 2.10. The molecule has 0 bridgehead atoms. The molecular weight excluding hydrogens is 298 g/mol. The van der Waals surface area contributed by atoms with E-state index >= 15 is 0 Å². The molecule has 0 aromatic heterocycles. The summed E-state index contributed by atoms with van der Waals surface area (Å²) < 4.78 is 5.93. The smallest absolute Gasteiger partial charge is 0.321 e. The van der Waals surface area contributed by atoms with E-state index in [9.17, 15) is 4.79 Å². The van der Waals surface area contributed by atoms with Crippen molar-refractivity contribution in [3.63, 3.8) is 0 Å². The van der Waals surface area contributed by atoms with Gasteiger partial charge in [-0.15, -0.1) is 11.8 Å². The Morgan fingerprint density at radius 2 is 1.91 bits per heavy atom. The van der Waals surface area contributed by atoms with Crippen LogP contribution in [-0.2, 0) is 11.4 Å². The van der Waals surface area contributed by atoms with Crippen molar-refractivity contribution < 1.29 is 14.6 Å². The predicted molar refractivity (Wildman–Crippen MR) is 87.0 cm³/mol. The van der Waals surface area contributed by atoms with Crippen LogP contribution in [0.15, 0.2) is 54.6 Å². The van der Waals surface area contributed by atoms with Gasteiger partial charge in [-0.25, -0.2) is 0 Å². The van der Waals surface area contributed by atoms with Crippen molar-refractivity contribution in [1.82, 2.24) is 5.32 Å². The number of benzene rings is 2. The monoisotopic (exact) mass is 315 g/mol. The van der Waals surface area contributed by atoms with E-state index in [1.54, 1.807) is 11.8 Å². The second-order valence-corrected chi connectivity index (χ2v) is 6.22. The molecule has 0 saturated carbocycles. The molecule has 1 fully saturated rings. The molecular formula is C17H17NO3S. The van der Waals surface area contributed by atoms with E-state index in [1.807, 2.05) is 54.6 Å². The first kappa shape index (κ1) is 14.9. The molecule has 4 nitrogen and oxygen atoms in total. The molecule has 2 atom stereocenters. The van der Waals surface area contributed by atoms with Crippen molar-refractivity contribution in [2.75, 3.05) is 5.75 Å². The highest BCUT2D eigenvalue weighted by atomic mass is 32.2. The van der Waals surface area contributed by atoms with Crippen molar-refractivity contribution in [1.29, 1.82) is 0 Å². The largest absolute Gasteiger partial charge is 0.489 e. The lowest BCUT2D eigenvalue weighted by molar-refractivity contribution is -0.138. The molecule has 0 spiro atoms. The molecule has 1 aliphatic heterocycles. The number of thioether (sulfide) groups is 1. The van der Waals surface area contributed by atoms with Gasteiger partial charge in [-0.3, -0.25) is 10.1 Å². The fourth-order valence-electron chi connectivity index (χ4n) is 2.36. The molecule has 22 heavy (non-hydrogen) atoms.